The maximum absolute atomic E-state index is 11.9. The first-order chi connectivity index (χ1) is 9.92. The predicted octanol–water partition coefficient (Wildman–Crippen LogP) is 2.09. The average Bonchev–Trinajstić information content (AvgIpc) is 2.46. The summed E-state index contributed by atoms with van der Waals surface area (Å²) in [7, 11) is 0. The van der Waals surface area contributed by atoms with Gasteiger partial charge >= 0.3 is 5.97 Å². The summed E-state index contributed by atoms with van der Waals surface area (Å²) in [4.78, 5) is 22.3. The summed E-state index contributed by atoms with van der Waals surface area (Å²) in [6.07, 6.45) is 1.02. The number of nitrogens with two attached hydrogens (primary N) is 1. The molecule has 0 bridgehead atoms. The van der Waals surface area contributed by atoms with Gasteiger partial charge in [0.2, 0.25) is 0 Å². The zero-order valence-electron chi connectivity index (χ0n) is 11.7. The summed E-state index contributed by atoms with van der Waals surface area (Å²) in [6, 6.07) is 4.32. The zero-order valence-corrected chi connectivity index (χ0v) is 11.7. The van der Waals surface area contributed by atoms with Gasteiger partial charge < -0.3 is 15.6 Å². The van der Waals surface area contributed by atoms with Gasteiger partial charge in [-0.15, -0.1) is 0 Å². The molecule has 0 saturated carbocycles. The monoisotopic (exact) mass is 294 g/mol. The number of hydrogen-bond acceptors (Lipinski definition) is 5. The number of hydrogen-bond donors (Lipinski definition) is 2. The van der Waals surface area contributed by atoms with Crippen LogP contribution in [0.2, 0.25) is 0 Å². The van der Waals surface area contributed by atoms with Gasteiger partial charge in [0.05, 0.1) is 16.4 Å². The molecule has 7 heteroatoms. The summed E-state index contributed by atoms with van der Waals surface area (Å²) in [5.74, 6) is -1.02. The van der Waals surface area contributed by atoms with Crippen molar-refractivity contribution in [2.45, 2.75) is 37.7 Å². The average molecular weight is 294 g/mol. The number of benzene rings is 1. The van der Waals surface area contributed by atoms with Crippen LogP contribution in [0.1, 0.15) is 31.7 Å². The van der Waals surface area contributed by atoms with Crippen LogP contribution in [0.3, 0.4) is 0 Å². The van der Waals surface area contributed by atoms with E-state index in [0.29, 0.717) is 18.6 Å². The lowest BCUT2D eigenvalue weighted by atomic mass is 9.71. The van der Waals surface area contributed by atoms with E-state index in [1.165, 1.54) is 12.1 Å². The number of nitro groups is 1. The van der Waals surface area contributed by atoms with Crippen LogP contribution in [0.15, 0.2) is 18.2 Å². The quantitative estimate of drug-likeness (QED) is 0.499. The molecule has 1 aromatic carbocycles. The summed E-state index contributed by atoms with van der Waals surface area (Å²) >= 11 is 0. The molecule has 0 spiro atoms. The highest BCUT2D eigenvalue weighted by Gasteiger charge is 2.46. The smallest absolute Gasteiger partial charge is 0.314 e. The minimum absolute atomic E-state index is 0.0679. The molecule has 1 aliphatic rings. The topological polar surface area (TPSA) is 116 Å². The third kappa shape index (κ3) is 2.56. The van der Waals surface area contributed by atoms with Crippen molar-refractivity contribution < 1.29 is 19.6 Å². The van der Waals surface area contributed by atoms with Crippen LogP contribution in [0, 0.1) is 10.1 Å². The van der Waals surface area contributed by atoms with Gasteiger partial charge in [0, 0.05) is 12.7 Å². The summed E-state index contributed by atoms with van der Waals surface area (Å²) < 4.78 is 5.53. The maximum atomic E-state index is 11.9. The molecular weight excluding hydrogens is 276 g/mol. The molecule has 2 unspecified atom stereocenters. The number of rotatable bonds is 4. The Bertz CT molecular complexity index is 574. The molecule has 21 heavy (non-hydrogen) atoms. The summed E-state index contributed by atoms with van der Waals surface area (Å²) in [5.41, 5.74) is 4.64. The lowest BCUT2D eigenvalue weighted by Gasteiger charge is -2.38. The molecule has 2 atom stereocenters. The number of carboxylic acid groups (broad SMARTS) is 1. The standard InChI is InChI=1S/C14H18N2O5/c1-2-9-8-14(13(17)18,6-7-21-9)10-4-3-5-11(12(10)15)16(19)20/h3-5,9H,2,6-8,15H2,1H3,(H,17,18). The second kappa shape index (κ2) is 5.69. The molecule has 3 N–H and O–H groups in total. The van der Waals surface area contributed by atoms with E-state index in [1.807, 2.05) is 6.92 Å². The first kappa shape index (κ1) is 15.2. The van der Waals surface area contributed by atoms with E-state index < -0.39 is 16.3 Å². The van der Waals surface area contributed by atoms with E-state index in [1.54, 1.807) is 6.07 Å². The van der Waals surface area contributed by atoms with Crippen LogP contribution in [0.5, 0.6) is 0 Å². The third-order valence-corrected chi connectivity index (χ3v) is 4.12. The normalized spacial score (nSPS) is 25.5. The molecule has 0 amide bonds. The Morgan fingerprint density at radius 3 is 2.90 bits per heavy atom. The van der Waals surface area contributed by atoms with Crippen molar-refractivity contribution >= 4 is 17.3 Å². The molecule has 2 rings (SSSR count). The van der Waals surface area contributed by atoms with E-state index in [9.17, 15) is 20.0 Å². The molecule has 7 nitrogen and oxygen atoms in total. The number of carboxylic acids is 1. The van der Waals surface area contributed by atoms with Crippen LogP contribution in [-0.4, -0.2) is 28.7 Å². The summed E-state index contributed by atoms with van der Waals surface area (Å²) in [6.45, 7) is 2.21. The van der Waals surface area contributed by atoms with Crippen molar-refractivity contribution in [3.8, 4) is 0 Å². The number of carbonyl (C=O) groups is 1. The number of nitro benzene ring substituents is 1. The van der Waals surface area contributed by atoms with E-state index in [2.05, 4.69) is 0 Å². The van der Waals surface area contributed by atoms with Gasteiger partial charge in [-0.3, -0.25) is 14.9 Å². The zero-order chi connectivity index (χ0) is 15.6. The largest absolute Gasteiger partial charge is 0.481 e. The van der Waals surface area contributed by atoms with E-state index in [-0.39, 0.29) is 30.3 Å². The van der Waals surface area contributed by atoms with Crippen molar-refractivity contribution in [1.29, 1.82) is 0 Å². The van der Waals surface area contributed by atoms with Gasteiger partial charge in [-0.1, -0.05) is 19.1 Å². The fourth-order valence-electron chi connectivity index (χ4n) is 2.90. The second-order valence-corrected chi connectivity index (χ2v) is 5.24. The Hall–Kier alpha value is -2.15. The van der Waals surface area contributed by atoms with Crippen LogP contribution >= 0.6 is 0 Å². The maximum Gasteiger partial charge on any atom is 0.314 e. The van der Waals surface area contributed by atoms with Gasteiger partial charge in [-0.25, -0.2) is 0 Å². The Balaban J connectivity index is 2.56. The predicted molar refractivity (Wildman–Crippen MR) is 76.1 cm³/mol. The SMILES string of the molecule is CCC1CC(C(=O)O)(c2cccc([N+](=O)[O-])c2N)CCO1. The highest BCUT2D eigenvalue weighted by molar-refractivity contribution is 5.85. The Morgan fingerprint density at radius 1 is 1.62 bits per heavy atom. The molecule has 0 aromatic heterocycles. The van der Waals surface area contributed by atoms with Crippen molar-refractivity contribution in [2.75, 3.05) is 12.3 Å². The molecule has 1 aromatic rings. The first-order valence-corrected chi connectivity index (χ1v) is 6.80. The van der Waals surface area contributed by atoms with Gasteiger partial charge in [0.15, 0.2) is 0 Å². The molecule has 1 fully saturated rings. The number of nitrogen functional groups attached to an aromatic ring is 1. The summed E-state index contributed by atoms with van der Waals surface area (Å²) in [5, 5.41) is 20.7. The molecule has 114 valence electrons. The van der Waals surface area contributed by atoms with E-state index >= 15 is 0 Å². The fraction of sp³-hybridized carbons (Fsp3) is 0.500. The molecule has 1 saturated heterocycles. The Morgan fingerprint density at radius 2 is 2.33 bits per heavy atom. The van der Waals surface area contributed by atoms with Crippen molar-refractivity contribution in [2.24, 2.45) is 0 Å². The number of para-hydroxylation sites is 1. The molecule has 0 aliphatic carbocycles. The molecule has 1 heterocycles. The van der Waals surface area contributed by atoms with Crippen LogP contribution < -0.4 is 5.73 Å². The van der Waals surface area contributed by atoms with Gasteiger partial charge in [-0.2, -0.15) is 0 Å². The van der Waals surface area contributed by atoms with Crippen LogP contribution in [0.4, 0.5) is 11.4 Å². The van der Waals surface area contributed by atoms with Gasteiger partial charge in [0.25, 0.3) is 5.69 Å². The Kier molecular flexibility index (Phi) is 4.13. The lowest BCUT2D eigenvalue weighted by Crippen LogP contribution is -2.45. The highest BCUT2D eigenvalue weighted by atomic mass is 16.6. The third-order valence-electron chi connectivity index (χ3n) is 4.12. The minimum Gasteiger partial charge on any atom is -0.481 e. The fourth-order valence-corrected chi connectivity index (χ4v) is 2.90. The number of anilines is 1. The van der Waals surface area contributed by atoms with Gasteiger partial charge in [0.1, 0.15) is 5.69 Å². The minimum atomic E-state index is -1.23. The van der Waals surface area contributed by atoms with Crippen molar-refractivity contribution in [3.05, 3.63) is 33.9 Å². The van der Waals surface area contributed by atoms with Gasteiger partial charge in [-0.05, 0) is 24.8 Å². The lowest BCUT2D eigenvalue weighted by molar-refractivity contribution is -0.384. The van der Waals surface area contributed by atoms with E-state index in [4.69, 9.17) is 10.5 Å². The van der Waals surface area contributed by atoms with Crippen molar-refractivity contribution in [1.82, 2.24) is 0 Å². The van der Waals surface area contributed by atoms with Crippen LogP contribution in [-0.2, 0) is 14.9 Å². The highest BCUT2D eigenvalue weighted by Crippen LogP contribution is 2.43. The van der Waals surface area contributed by atoms with E-state index in [0.717, 1.165) is 0 Å². The van der Waals surface area contributed by atoms with Crippen LogP contribution in [0.25, 0.3) is 0 Å². The molecule has 0 radical (unpaired) electrons. The second-order valence-electron chi connectivity index (χ2n) is 5.24. The number of ether oxygens (including phenoxy) is 1. The number of nitrogens with zero attached hydrogens (tertiary/aromatic N) is 1. The Labute approximate surface area is 121 Å². The number of aliphatic carboxylic acids is 1. The molecule has 1 aliphatic heterocycles. The van der Waals surface area contributed by atoms with Crippen molar-refractivity contribution in [3.63, 3.8) is 0 Å². The molecular formula is C14H18N2O5. The first-order valence-electron chi connectivity index (χ1n) is 6.80.